The second-order valence-electron chi connectivity index (χ2n) is 6.93. The molecule has 13 heteroatoms. The van der Waals surface area contributed by atoms with Gasteiger partial charge in [0.05, 0.1) is 19.1 Å². The summed E-state index contributed by atoms with van der Waals surface area (Å²) in [6.07, 6.45) is 1.68. The van der Waals surface area contributed by atoms with E-state index in [2.05, 4.69) is 16.0 Å². The topological polar surface area (TPSA) is 214 Å². The summed E-state index contributed by atoms with van der Waals surface area (Å²) < 4.78 is 0. The van der Waals surface area contributed by atoms with Crippen LogP contribution in [0.25, 0.3) is 0 Å². The number of aliphatic carboxylic acids is 1. The number of nitrogens with two attached hydrogens (primary N) is 2. The maximum atomic E-state index is 12.6. The second-order valence-corrected chi connectivity index (χ2v) is 7.92. The van der Waals surface area contributed by atoms with Crippen molar-refractivity contribution in [2.45, 2.75) is 50.9 Å². The zero-order valence-corrected chi connectivity index (χ0v) is 18.0. The van der Waals surface area contributed by atoms with Gasteiger partial charge in [0.2, 0.25) is 23.6 Å². The zero-order valence-electron chi connectivity index (χ0n) is 17.2. The lowest BCUT2D eigenvalue weighted by Crippen LogP contribution is -2.59. The predicted molar refractivity (Wildman–Crippen MR) is 110 cm³/mol. The van der Waals surface area contributed by atoms with Gasteiger partial charge in [-0.05, 0) is 24.3 Å². The van der Waals surface area contributed by atoms with Crippen LogP contribution in [0.5, 0.6) is 0 Å². The number of carbonyl (C=O) groups is 5. The van der Waals surface area contributed by atoms with Crippen LogP contribution in [-0.4, -0.2) is 82.6 Å². The molecular formula is C17H31N5O7S. The number of amides is 4. The Morgan fingerprint density at radius 3 is 1.97 bits per heavy atom. The van der Waals surface area contributed by atoms with E-state index in [0.717, 1.165) is 0 Å². The molecule has 0 heterocycles. The number of primary amides is 1. The third-order valence-corrected chi connectivity index (χ3v) is 4.70. The normalized spacial score (nSPS) is 14.9. The molecule has 172 valence electrons. The summed E-state index contributed by atoms with van der Waals surface area (Å²) in [6, 6.07) is -5.00. The molecule has 9 N–H and O–H groups in total. The van der Waals surface area contributed by atoms with E-state index in [1.54, 1.807) is 13.8 Å². The average molecular weight is 450 g/mol. The lowest BCUT2D eigenvalue weighted by molar-refractivity contribution is -0.143. The number of aliphatic hydroxyl groups excluding tert-OH is 1. The summed E-state index contributed by atoms with van der Waals surface area (Å²) in [5.41, 5.74) is 10.9. The van der Waals surface area contributed by atoms with Gasteiger partial charge in [0.1, 0.15) is 18.1 Å². The fraction of sp³-hybridized carbons (Fsp3) is 0.706. The summed E-state index contributed by atoms with van der Waals surface area (Å²) in [7, 11) is 0. The van der Waals surface area contributed by atoms with Crippen molar-refractivity contribution in [3.05, 3.63) is 0 Å². The average Bonchev–Trinajstić information content (AvgIpc) is 2.66. The first-order valence-corrected chi connectivity index (χ1v) is 10.6. The molecule has 4 unspecified atom stereocenters. The van der Waals surface area contributed by atoms with Gasteiger partial charge in [-0.15, -0.1) is 0 Å². The number of carboxylic acid groups (broad SMARTS) is 1. The van der Waals surface area contributed by atoms with Crippen LogP contribution in [0.15, 0.2) is 0 Å². The third-order valence-electron chi connectivity index (χ3n) is 4.05. The highest BCUT2D eigenvalue weighted by atomic mass is 32.2. The lowest BCUT2D eigenvalue weighted by atomic mass is 10.0. The number of nitrogens with one attached hydrogen (secondary N) is 3. The maximum Gasteiger partial charge on any atom is 0.328 e. The van der Waals surface area contributed by atoms with Crippen LogP contribution in [0.1, 0.15) is 26.7 Å². The first-order valence-electron chi connectivity index (χ1n) is 9.22. The highest BCUT2D eigenvalue weighted by molar-refractivity contribution is 7.98. The van der Waals surface area contributed by atoms with Gasteiger partial charge in [0.25, 0.3) is 0 Å². The van der Waals surface area contributed by atoms with E-state index in [0.29, 0.717) is 12.2 Å². The first kappa shape index (κ1) is 27.6. The molecule has 0 aromatic carbocycles. The van der Waals surface area contributed by atoms with Gasteiger partial charge in [0.15, 0.2) is 0 Å². The predicted octanol–water partition coefficient (Wildman–Crippen LogP) is -2.87. The minimum atomic E-state index is -1.55. The van der Waals surface area contributed by atoms with E-state index in [9.17, 15) is 24.0 Å². The monoisotopic (exact) mass is 449 g/mol. The molecule has 0 aliphatic heterocycles. The molecule has 0 saturated carbocycles. The highest BCUT2D eigenvalue weighted by Gasteiger charge is 2.32. The molecule has 4 atom stereocenters. The van der Waals surface area contributed by atoms with Crippen molar-refractivity contribution in [2.24, 2.45) is 17.4 Å². The number of carbonyl (C=O) groups excluding carboxylic acids is 4. The smallest absolute Gasteiger partial charge is 0.328 e. The summed E-state index contributed by atoms with van der Waals surface area (Å²) >= 11 is 1.49. The lowest BCUT2D eigenvalue weighted by Gasteiger charge is -2.26. The van der Waals surface area contributed by atoms with Gasteiger partial charge in [-0.2, -0.15) is 11.8 Å². The van der Waals surface area contributed by atoms with Crippen LogP contribution in [0.3, 0.4) is 0 Å². The molecule has 0 rings (SSSR count). The van der Waals surface area contributed by atoms with E-state index < -0.39 is 72.7 Å². The fourth-order valence-corrected chi connectivity index (χ4v) is 2.79. The molecule has 0 aliphatic rings. The minimum Gasteiger partial charge on any atom is -0.480 e. The van der Waals surface area contributed by atoms with Crippen LogP contribution >= 0.6 is 11.8 Å². The Kier molecular flexibility index (Phi) is 12.7. The Balaban J connectivity index is 5.31. The van der Waals surface area contributed by atoms with Crippen LogP contribution in [-0.2, 0) is 24.0 Å². The molecule has 0 aliphatic carbocycles. The van der Waals surface area contributed by atoms with E-state index >= 15 is 0 Å². The van der Waals surface area contributed by atoms with Gasteiger partial charge >= 0.3 is 5.97 Å². The van der Waals surface area contributed by atoms with E-state index in [1.807, 2.05) is 6.26 Å². The van der Waals surface area contributed by atoms with Crippen molar-refractivity contribution in [3.8, 4) is 0 Å². The number of hydrogen-bond acceptors (Lipinski definition) is 8. The molecule has 0 spiro atoms. The van der Waals surface area contributed by atoms with Crippen molar-refractivity contribution in [1.82, 2.24) is 16.0 Å². The van der Waals surface area contributed by atoms with Crippen molar-refractivity contribution < 1.29 is 34.2 Å². The maximum absolute atomic E-state index is 12.6. The van der Waals surface area contributed by atoms with Gasteiger partial charge in [-0.25, -0.2) is 4.79 Å². The highest BCUT2D eigenvalue weighted by Crippen LogP contribution is 2.05. The molecular weight excluding hydrogens is 418 g/mol. The van der Waals surface area contributed by atoms with Gasteiger partial charge in [0, 0.05) is 0 Å². The summed E-state index contributed by atoms with van der Waals surface area (Å²) in [4.78, 5) is 59.6. The SMILES string of the molecule is CSCCC(N)C(=O)NC(CC(N)=O)C(=O)NC(C(=O)NC(CO)C(=O)O)C(C)C. The van der Waals surface area contributed by atoms with Crippen LogP contribution in [0.4, 0.5) is 0 Å². The Labute approximate surface area is 178 Å². The standard InChI is InChI=1S/C17H31N5O7S/c1-8(2)13(16(27)21-11(7-23)17(28)29)22-15(26)10(6-12(19)24)20-14(25)9(18)4-5-30-3/h8-11,13,23H,4-7,18H2,1-3H3,(H2,19,24)(H,20,25)(H,21,27)(H,22,26)(H,28,29). The van der Waals surface area contributed by atoms with Gasteiger partial charge in [-0.1, -0.05) is 13.8 Å². The van der Waals surface area contributed by atoms with Crippen LogP contribution < -0.4 is 27.4 Å². The quantitative estimate of drug-likeness (QED) is 0.145. The van der Waals surface area contributed by atoms with Crippen molar-refractivity contribution in [1.29, 1.82) is 0 Å². The van der Waals surface area contributed by atoms with E-state index in [4.69, 9.17) is 21.7 Å². The fourth-order valence-electron chi connectivity index (χ4n) is 2.30. The molecule has 30 heavy (non-hydrogen) atoms. The van der Waals surface area contributed by atoms with Crippen molar-refractivity contribution in [2.75, 3.05) is 18.6 Å². The zero-order chi connectivity index (χ0) is 23.4. The minimum absolute atomic E-state index is 0.354. The number of thioether (sulfide) groups is 1. The first-order chi connectivity index (χ1) is 13.9. The number of aliphatic hydroxyl groups is 1. The molecule has 0 aromatic heterocycles. The Morgan fingerprint density at radius 2 is 1.53 bits per heavy atom. The van der Waals surface area contributed by atoms with Gasteiger partial charge < -0.3 is 37.6 Å². The van der Waals surface area contributed by atoms with Gasteiger partial charge in [-0.3, -0.25) is 19.2 Å². The molecule has 4 amide bonds. The van der Waals surface area contributed by atoms with E-state index in [1.165, 1.54) is 11.8 Å². The largest absolute Gasteiger partial charge is 0.480 e. The van der Waals surface area contributed by atoms with Crippen molar-refractivity contribution in [3.63, 3.8) is 0 Å². The Hall–Kier alpha value is -2.38. The molecule has 0 radical (unpaired) electrons. The summed E-state index contributed by atoms with van der Waals surface area (Å²) in [5, 5.41) is 24.9. The Bertz CT molecular complexity index is 632. The number of hydrogen-bond donors (Lipinski definition) is 7. The third kappa shape index (κ3) is 9.89. The molecule has 0 fully saturated rings. The molecule has 0 saturated heterocycles. The van der Waals surface area contributed by atoms with Crippen LogP contribution in [0, 0.1) is 5.92 Å². The second kappa shape index (κ2) is 13.8. The summed E-state index contributed by atoms with van der Waals surface area (Å²) in [6.45, 7) is 2.35. The molecule has 0 bridgehead atoms. The van der Waals surface area contributed by atoms with E-state index in [-0.39, 0.29) is 0 Å². The number of carboxylic acids is 1. The Morgan fingerprint density at radius 1 is 0.967 bits per heavy atom. The summed E-state index contributed by atoms with van der Waals surface area (Å²) in [5.74, 6) is -4.52. The number of rotatable bonds is 14. The molecule has 12 nitrogen and oxygen atoms in total. The van der Waals surface area contributed by atoms with Crippen LogP contribution in [0.2, 0.25) is 0 Å². The van der Waals surface area contributed by atoms with Crippen molar-refractivity contribution >= 4 is 41.4 Å². The molecule has 0 aromatic rings.